The van der Waals surface area contributed by atoms with Gasteiger partial charge in [-0.25, -0.2) is 0 Å². The highest BCUT2D eigenvalue weighted by Crippen LogP contribution is 2.43. The van der Waals surface area contributed by atoms with Gasteiger partial charge >= 0.3 is 0 Å². The van der Waals surface area contributed by atoms with E-state index in [1.807, 2.05) is 12.1 Å². The topological polar surface area (TPSA) is 750 Å². The molecular formula is C96H87Br2N21O27. The molecule has 21 N–H and O–H groups in total. The first-order valence-electron chi connectivity index (χ1n) is 45.1. The van der Waals surface area contributed by atoms with E-state index in [9.17, 15) is 129 Å². The molecule has 752 valence electrons. The van der Waals surface area contributed by atoms with Gasteiger partial charge in [-0.2, -0.15) is 0 Å². The van der Waals surface area contributed by atoms with Crippen molar-refractivity contribution >= 4 is 231 Å². The molecule has 14 aliphatic rings. The van der Waals surface area contributed by atoms with Crippen molar-refractivity contribution in [1.29, 1.82) is 0 Å². The van der Waals surface area contributed by atoms with Crippen LogP contribution in [0.4, 0.5) is 39.8 Å². The first kappa shape index (κ1) is 103. The number of rotatable bonds is 9. The average molecular weight is 2130 g/mol. The van der Waals surface area contributed by atoms with Crippen LogP contribution in [0.5, 0.6) is 0 Å². The Morgan fingerprint density at radius 1 is 0.301 bits per heavy atom. The molecule has 48 nitrogen and oxygen atoms in total. The van der Waals surface area contributed by atoms with E-state index in [1.165, 1.54) is 86.6 Å². The van der Waals surface area contributed by atoms with Crippen LogP contribution >= 0.6 is 31.9 Å². The normalized spacial score (nSPS) is 22.6. The zero-order valence-electron chi connectivity index (χ0n) is 77.3. The molecule has 27 amide bonds. The largest absolute Gasteiger partial charge is 0.399 e. The molecule has 0 aliphatic carbocycles. The number of carbonyl (C=O) groups is 27. The number of benzene rings is 7. The molecule has 7 aromatic rings. The number of nitrogens with one attached hydrogen (secondary N) is 7. The molecule has 7 saturated heterocycles. The summed E-state index contributed by atoms with van der Waals surface area (Å²) in [6.45, 7) is 5.35. The van der Waals surface area contributed by atoms with Crippen molar-refractivity contribution in [3.8, 4) is 0 Å². The van der Waals surface area contributed by atoms with Gasteiger partial charge in [0.15, 0.2) is 0 Å². The summed E-state index contributed by atoms with van der Waals surface area (Å²) in [7, 11) is 0. The predicted octanol–water partition coefficient (Wildman–Crippen LogP) is 1.31. The Morgan fingerprint density at radius 3 is 1.04 bits per heavy atom. The van der Waals surface area contributed by atoms with E-state index in [1.54, 1.807) is 29.2 Å². The monoisotopic (exact) mass is 2120 g/mol. The lowest BCUT2D eigenvalue weighted by Gasteiger charge is -2.38. The maximum absolute atomic E-state index is 12.8. The average Bonchev–Trinajstić information content (AvgIpc) is 1.61. The van der Waals surface area contributed by atoms with Gasteiger partial charge in [-0.1, -0.05) is 53.5 Å². The first-order chi connectivity index (χ1) is 69.0. The third kappa shape index (κ3) is 18.5. The van der Waals surface area contributed by atoms with Crippen molar-refractivity contribution in [3.05, 3.63) is 202 Å². The molecule has 7 aromatic carbocycles. The van der Waals surface area contributed by atoms with Crippen molar-refractivity contribution in [2.45, 2.75) is 171 Å². The summed E-state index contributed by atoms with van der Waals surface area (Å²) in [5.41, 5.74) is 43.9. The van der Waals surface area contributed by atoms with Crippen LogP contribution < -0.4 is 77.4 Å². The number of halogens is 2. The minimum atomic E-state index is -1.38. The second-order valence-corrected chi connectivity index (χ2v) is 37.5. The van der Waals surface area contributed by atoms with Gasteiger partial charge in [0.1, 0.15) is 41.3 Å². The van der Waals surface area contributed by atoms with Gasteiger partial charge in [0, 0.05) is 111 Å². The number of hydrogen-bond donors (Lipinski definition) is 14. The summed E-state index contributed by atoms with van der Waals surface area (Å²) >= 11 is 6.43. The highest BCUT2D eigenvalue weighted by Gasteiger charge is 2.57. The maximum Gasteiger partial charge on any atom is 0.264 e. The number of imide groups is 13. The standard InChI is InChI=1S/C16H19N3O3.2C14H13N3O4.2C13H10BrN3O4.2C13H11N3O4/c1-2-3-9-4-5-11(17)10-8-19(16(22)14(9)10)12-6-7-13(20)18-15(12)21;2*1-14(6-5-9(18)16-13(14)21)17-11(19)7-3-2-4-8(15)10(7)12(17)20;14-5-3-6-10(7(15)4-5)13(21)17(12(6)20)8-1-2-9(18)16-11(8)19;14-5-1-2-6(15)10-9(5)12(20)17(13(10)21)7-3-4-8(18)16-11(7)19;14-6-1-2-7-8(5-6)13(20)16(12(7)19)9-3-4-10(17)15-11(9)18;14-7-3-1-2-6-10(7)13(20)16(12(6)19)8-4-5-9(17)15-11(8)18/h4-5,12H,2-3,6-8,17H2,1H3,(H,18,20,21);2*2-4H,5-6,15H2,1H3,(H,16,18,21);3-4,8H,1-2,15H2,(H,16,18,19);1-2,7H,3-4,15H2,(H,16,18,19);1-2,5,9H,3-4,14H2,(H,15,17,18);1-3,8H,4-5,14H2,(H,15,17,18). The van der Waals surface area contributed by atoms with Crippen LogP contribution in [0, 0.1) is 0 Å². The molecule has 21 rings (SSSR count). The fourth-order valence-electron chi connectivity index (χ4n) is 19.0. The molecule has 0 saturated carbocycles. The van der Waals surface area contributed by atoms with Gasteiger partial charge in [0.05, 0.1) is 66.8 Å². The molecule has 14 heterocycles. The number of carbonyl (C=O) groups excluding carboxylic acids is 27. The number of anilines is 7. The zero-order valence-corrected chi connectivity index (χ0v) is 80.4. The van der Waals surface area contributed by atoms with Crippen molar-refractivity contribution in [1.82, 2.24) is 71.5 Å². The van der Waals surface area contributed by atoms with Crippen LogP contribution in [0.15, 0.2) is 118 Å². The van der Waals surface area contributed by atoms with E-state index in [4.69, 9.17) is 40.1 Å². The molecule has 50 heteroatoms. The molecule has 0 bridgehead atoms. The third-order valence-corrected chi connectivity index (χ3v) is 27.6. The lowest BCUT2D eigenvalue weighted by atomic mass is 9.89. The Balaban J connectivity index is 0.000000128. The number of amides is 27. The maximum atomic E-state index is 12.8. The fourth-order valence-corrected chi connectivity index (χ4v) is 20.0. The first-order valence-corrected chi connectivity index (χ1v) is 46.7. The van der Waals surface area contributed by atoms with Crippen molar-refractivity contribution in [3.63, 3.8) is 0 Å². The quantitative estimate of drug-likeness (QED) is 0.0715. The number of piperidine rings is 7. The Kier molecular flexibility index (Phi) is 28.2. The second kappa shape index (κ2) is 40.1. The van der Waals surface area contributed by atoms with E-state index in [2.05, 4.69) is 76.0 Å². The van der Waals surface area contributed by atoms with E-state index in [0.29, 0.717) is 38.8 Å². The van der Waals surface area contributed by atoms with E-state index >= 15 is 0 Å². The van der Waals surface area contributed by atoms with Crippen LogP contribution in [0.2, 0.25) is 0 Å². The summed E-state index contributed by atoms with van der Waals surface area (Å²) in [6, 6.07) is 23.6. The summed E-state index contributed by atoms with van der Waals surface area (Å²) in [5.74, 6) is -14.0. The molecule has 0 aromatic heterocycles. The summed E-state index contributed by atoms with van der Waals surface area (Å²) in [5, 5.41) is 15.2. The lowest BCUT2D eigenvalue weighted by molar-refractivity contribution is -0.142. The van der Waals surface area contributed by atoms with Crippen LogP contribution in [0.25, 0.3) is 0 Å². The van der Waals surface area contributed by atoms with E-state index < -0.39 is 189 Å². The van der Waals surface area contributed by atoms with Crippen LogP contribution in [0.1, 0.15) is 263 Å². The van der Waals surface area contributed by atoms with Gasteiger partial charge in [-0.3, -0.25) is 196 Å². The highest BCUT2D eigenvalue weighted by molar-refractivity contribution is 9.10. The van der Waals surface area contributed by atoms with Crippen molar-refractivity contribution in [2.75, 3.05) is 40.1 Å². The number of fused-ring (bicyclic) bond motifs is 7. The second-order valence-electron chi connectivity index (χ2n) is 35.7. The Morgan fingerprint density at radius 2 is 0.644 bits per heavy atom. The van der Waals surface area contributed by atoms with Crippen molar-refractivity contribution < 1.29 is 129 Å². The number of hydrogen-bond acceptors (Lipinski definition) is 34. The van der Waals surface area contributed by atoms with Gasteiger partial charge in [-0.05, 0) is 172 Å². The minimum absolute atomic E-state index is 0.0745. The van der Waals surface area contributed by atoms with Crippen LogP contribution in [-0.2, 0) is 80.1 Å². The van der Waals surface area contributed by atoms with E-state index in [0.717, 1.165) is 53.4 Å². The molecular weight excluding hydrogens is 2040 g/mol. The van der Waals surface area contributed by atoms with Gasteiger partial charge < -0.3 is 45.0 Å². The molecule has 0 spiro atoms. The summed E-state index contributed by atoms with van der Waals surface area (Å²) < 4.78 is 1.02. The molecule has 0 radical (unpaired) electrons. The van der Waals surface area contributed by atoms with Crippen molar-refractivity contribution in [2.24, 2.45) is 0 Å². The van der Waals surface area contributed by atoms with Gasteiger partial charge in [0.2, 0.25) is 70.9 Å². The van der Waals surface area contributed by atoms with E-state index in [-0.39, 0.29) is 190 Å². The van der Waals surface area contributed by atoms with Crippen LogP contribution in [-0.4, -0.2) is 235 Å². The fraction of sp³-hybridized carbons (Fsp3) is 0.281. The molecule has 7 atom stereocenters. The number of nitrogens with two attached hydrogens (primary N) is 7. The predicted molar refractivity (Wildman–Crippen MR) is 511 cm³/mol. The number of aryl methyl sites for hydroxylation is 1. The minimum Gasteiger partial charge on any atom is -0.399 e. The van der Waals surface area contributed by atoms with Gasteiger partial charge in [0.25, 0.3) is 88.6 Å². The highest BCUT2D eigenvalue weighted by atomic mass is 79.9. The summed E-state index contributed by atoms with van der Waals surface area (Å²) in [4.78, 5) is 331. The molecule has 7 fully saturated rings. The molecule has 146 heavy (non-hydrogen) atoms. The Hall–Kier alpha value is -17.6. The number of nitrogen functional groups attached to an aromatic ring is 7. The summed E-state index contributed by atoms with van der Waals surface area (Å²) in [6.07, 6.45) is 3.60. The SMILES string of the molecule is CC1(N2C(=O)c3cccc(N)c3C2=O)CCC(=O)NC1=O.CC1(N2C(=O)c3cccc(N)c3C2=O)CCC(=O)NC1=O.CCCc1ccc(N)c2c1C(=O)N(C1CCC(=O)NC1=O)C2.Nc1cc(Br)cc2c1C(=O)N(C1CCC(=O)NC1=O)C2=O.Nc1ccc(Br)c2c1C(=O)N(C1CCC(=O)NC1=O)C2=O.Nc1ccc2c(c1)C(=O)N(C1CCC(=O)NC1=O)C2=O.Nc1cccc2c1C(=O)N(C1CCC(=O)NC1=O)C2=O. The zero-order chi connectivity index (χ0) is 106. The molecule has 7 unspecified atom stereocenters. The smallest absolute Gasteiger partial charge is 0.264 e. The Bertz CT molecular complexity index is 7030. The van der Waals surface area contributed by atoms with Crippen LogP contribution in [0.3, 0.4) is 0 Å². The lowest BCUT2D eigenvalue weighted by Crippen LogP contribution is -2.62. The molecule has 14 aliphatic heterocycles. The Labute approximate surface area is 840 Å². The third-order valence-electron chi connectivity index (χ3n) is 26.5. The number of nitrogens with zero attached hydrogens (tertiary/aromatic N) is 7. The van der Waals surface area contributed by atoms with Gasteiger partial charge in [-0.15, -0.1) is 0 Å².